The molecule has 0 aliphatic carbocycles. The van der Waals surface area contributed by atoms with Gasteiger partial charge in [0.05, 0.1) is 12.3 Å². The molecule has 0 atom stereocenters. The van der Waals surface area contributed by atoms with Crippen molar-refractivity contribution in [2.45, 2.75) is 13.8 Å². The van der Waals surface area contributed by atoms with Crippen molar-refractivity contribution in [3.05, 3.63) is 77.3 Å². The zero-order chi connectivity index (χ0) is 21.5. The van der Waals surface area contributed by atoms with Gasteiger partial charge in [-0.05, 0) is 67.6 Å². The fourth-order valence-electron chi connectivity index (χ4n) is 2.72. The van der Waals surface area contributed by atoms with Crippen LogP contribution in [0.25, 0.3) is 0 Å². The highest BCUT2D eigenvalue weighted by atomic mass is 35.5. The molecule has 0 heterocycles. The van der Waals surface area contributed by atoms with Gasteiger partial charge in [-0.25, -0.2) is 0 Å². The first-order valence-corrected chi connectivity index (χ1v) is 9.71. The van der Waals surface area contributed by atoms with Gasteiger partial charge in [-0.2, -0.15) is 0 Å². The van der Waals surface area contributed by atoms with Crippen LogP contribution >= 0.6 is 11.6 Å². The van der Waals surface area contributed by atoms with Crippen LogP contribution in [-0.4, -0.2) is 18.4 Å². The van der Waals surface area contributed by atoms with Crippen LogP contribution in [0.3, 0.4) is 0 Å². The van der Waals surface area contributed by atoms with Crippen LogP contribution in [0.1, 0.15) is 24.2 Å². The van der Waals surface area contributed by atoms with Crippen LogP contribution in [0.5, 0.6) is 17.2 Å². The average molecular weight is 425 g/mol. The Kier molecular flexibility index (Phi) is 6.93. The molecule has 30 heavy (non-hydrogen) atoms. The highest BCUT2D eigenvalue weighted by molar-refractivity contribution is 6.31. The average Bonchev–Trinajstić information content (AvgIpc) is 2.71. The standard InChI is InChI=1S/C23H21ClN2O4/c1-3-29-19-8-10-20(11-9-19)30-22-12-7-17(24)14-21(22)26-23(28)16-5-4-6-18(13-16)25-15(2)27/h4-14H,3H2,1-2H3,(H,25,27)(H,26,28). The monoisotopic (exact) mass is 424 g/mol. The Morgan fingerprint density at radius 2 is 1.67 bits per heavy atom. The third-order valence-electron chi connectivity index (χ3n) is 4.00. The van der Waals surface area contributed by atoms with Gasteiger partial charge in [-0.15, -0.1) is 0 Å². The maximum Gasteiger partial charge on any atom is 0.255 e. The zero-order valence-electron chi connectivity index (χ0n) is 16.6. The molecule has 0 spiro atoms. The van der Waals surface area contributed by atoms with E-state index in [4.69, 9.17) is 21.1 Å². The Hall–Kier alpha value is -3.51. The van der Waals surface area contributed by atoms with Crippen molar-refractivity contribution >= 4 is 34.8 Å². The normalized spacial score (nSPS) is 10.2. The van der Waals surface area contributed by atoms with Gasteiger partial charge in [0, 0.05) is 23.2 Å². The van der Waals surface area contributed by atoms with E-state index in [1.54, 1.807) is 66.7 Å². The molecule has 7 heteroatoms. The van der Waals surface area contributed by atoms with Crippen molar-refractivity contribution in [1.29, 1.82) is 0 Å². The lowest BCUT2D eigenvalue weighted by Gasteiger charge is -2.14. The highest BCUT2D eigenvalue weighted by Gasteiger charge is 2.13. The second kappa shape index (κ2) is 9.80. The minimum absolute atomic E-state index is 0.214. The maximum atomic E-state index is 12.7. The molecule has 0 fully saturated rings. The molecule has 3 rings (SSSR count). The molecular weight excluding hydrogens is 404 g/mol. The number of rotatable bonds is 7. The Labute approximate surface area is 179 Å². The number of carbonyl (C=O) groups excluding carboxylic acids is 2. The predicted molar refractivity (Wildman–Crippen MR) is 118 cm³/mol. The summed E-state index contributed by atoms with van der Waals surface area (Å²) in [6.45, 7) is 3.90. The van der Waals surface area contributed by atoms with Gasteiger partial charge in [-0.1, -0.05) is 17.7 Å². The molecular formula is C23H21ClN2O4. The summed E-state index contributed by atoms with van der Waals surface area (Å²) in [5, 5.41) is 5.92. The van der Waals surface area contributed by atoms with Gasteiger partial charge in [-0.3, -0.25) is 9.59 Å². The molecule has 6 nitrogen and oxygen atoms in total. The summed E-state index contributed by atoms with van der Waals surface area (Å²) in [5.41, 5.74) is 1.34. The van der Waals surface area contributed by atoms with Crippen LogP contribution in [-0.2, 0) is 4.79 Å². The van der Waals surface area contributed by atoms with Gasteiger partial charge < -0.3 is 20.1 Å². The van der Waals surface area contributed by atoms with Crippen molar-refractivity contribution in [2.75, 3.05) is 17.2 Å². The quantitative estimate of drug-likeness (QED) is 0.507. The van der Waals surface area contributed by atoms with E-state index in [-0.39, 0.29) is 11.8 Å². The molecule has 0 radical (unpaired) electrons. The Bertz CT molecular complexity index is 1050. The van der Waals surface area contributed by atoms with E-state index in [0.717, 1.165) is 5.75 Å². The summed E-state index contributed by atoms with van der Waals surface area (Å²) < 4.78 is 11.4. The van der Waals surface area contributed by atoms with Crippen LogP contribution in [0, 0.1) is 0 Å². The summed E-state index contributed by atoms with van der Waals surface area (Å²) >= 11 is 6.12. The minimum Gasteiger partial charge on any atom is -0.494 e. The number of hydrogen-bond donors (Lipinski definition) is 2. The lowest BCUT2D eigenvalue weighted by Crippen LogP contribution is -2.13. The van der Waals surface area contributed by atoms with Gasteiger partial charge in [0.15, 0.2) is 5.75 Å². The van der Waals surface area contributed by atoms with Crippen molar-refractivity contribution in [3.63, 3.8) is 0 Å². The molecule has 3 aromatic carbocycles. The zero-order valence-corrected chi connectivity index (χ0v) is 17.3. The van der Waals surface area contributed by atoms with Gasteiger partial charge in [0.25, 0.3) is 5.91 Å². The van der Waals surface area contributed by atoms with Gasteiger partial charge in [0.2, 0.25) is 5.91 Å². The Morgan fingerprint density at radius 3 is 2.37 bits per heavy atom. The Balaban J connectivity index is 1.79. The maximum absolute atomic E-state index is 12.7. The molecule has 2 amide bonds. The summed E-state index contributed by atoms with van der Waals surface area (Å²) in [6.07, 6.45) is 0. The number of ether oxygens (including phenoxy) is 2. The number of amides is 2. The first kappa shape index (κ1) is 21.2. The van der Waals surface area contributed by atoms with Crippen molar-refractivity contribution < 1.29 is 19.1 Å². The topological polar surface area (TPSA) is 76.7 Å². The van der Waals surface area contributed by atoms with Crippen LogP contribution < -0.4 is 20.1 Å². The smallest absolute Gasteiger partial charge is 0.255 e. The highest BCUT2D eigenvalue weighted by Crippen LogP contribution is 2.33. The third kappa shape index (κ3) is 5.75. The fourth-order valence-corrected chi connectivity index (χ4v) is 2.89. The number of carbonyl (C=O) groups is 2. The first-order valence-electron chi connectivity index (χ1n) is 9.34. The van der Waals surface area contributed by atoms with Crippen LogP contribution in [0.2, 0.25) is 5.02 Å². The Morgan fingerprint density at radius 1 is 0.933 bits per heavy atom. The summed E-state index contributed by atoms with van der Waals surface area (Å²) in [4.78, 5) is 24.0. The molecule has 0 aliphatic heterocycles. The molecule has 0 aliphatic rings. The summed E-state index contributed by atoms with van der Waals surface area (Å²) in [6, 6.07) is 18.8. The van der Waals surface area contributed by atoms with E-state index < -0.39 is 0 Å². The molecule has 154 valence electrons. The van der Waals surface area contributed by atoms with Crippen LogP contribution in [0.15, 0.2) is 66.7 Å². The number of anilines is 2. The predicted octanol–water partition coefficient (Wildman–Crippen LogP) is 5.74. The molecule has 0 aromatic heterocycles. The fraction of sp³-hybridized carbons (Fsp3) is 0.130. The SMILES string of the molecule is CCOc1ccc(Oc2ccc(Cl)cc2NC(=O)c2cccc(NC(C)=O)c2)cc1. The van der Waals surface area contributed by atoms with Crippen molar-refractivity contribution in [1.82, 2.24) is 0 Å². The van der Waals surface area contributed by atoms with E-state index in [0.29, 0.717) is 40.1 Å². The van der Waals surface area contributed by atoms with Gasteiger partial charge >= 0.3 is 0 Å². The number of halogens is 1. The summed E-state index contributed by atoms with van der Waals surface area (Å²) in [7, 11) is 0. The van der Waals surface area contributed by atoms with E-state index in [2.05, 4.69) is 10.6 Å². The first-order chi connectivity index (χ1) is 14.4. The third-order valence-corrected chi connectivity index (χ3v) is 4.23. The molecule has 3 aromatic rings. The largest absolute Gasteiger partial charge is 0.494 e. The summed E-state index contributed by atoms with van der Waals surface area (Å²) in [5.74, 6) is 1.20. The van der Waals surface area contributed by atoms with E-state index >= 15 is 0 Å². The second-order valence-corrected chi connectivity index (χ2v) is 6.80. The molecule has 0 bridgehead atoms. The molecule has 0 unspecified atom stereocenters. The number of benzene rings is 3. The molecule has 0 saturated heterocycles. The van der Waals surface area contributed by atoms with E-state index in [9.17, 15) is 9.59 Å². The minimum atomic E-state index is -0.360. The van der Waals surface area contributed by atoms with Gasteiger partial charge in [0.1, 0.15) is 11.5 Å². The number of nitrogens with one attached hydrogen (secondary N) is 2. The second-order valence-electron chi connectivity index (χ2n) is 6.36. The molecule has 0 saturated carbocycles. The van der Waals surface area contributed by atoms with E-state index in [1.165, 1.54) is 6.92 Å². The number of hydrogen-bond acceptors (Lipinski definition) is 4. The lowest BCUT2D eigenvalue weighted by molar-refractivity contribution is -0.114. The van der Waals surface area contributed by atoms with Crippen molar-refractivity contribution in [2.24, 2.45) is 0 Å². The van der Waals surface area contributed by atoms with Crippen molar-refractivity contribution in [3.8, 4) is 17.2 Å². The lowest BCUT2D eigenvalue weighted by atomic mass is 10.1. The van der Waals surface area contributed by atoms with Crippen LogP contribution in [0.4, 0.5) is 11.4 Å². The molecule has 2 N–H and O–H groups in total. The van der Waals surface area contributed by atoms with E-state index in [1.807, 2.05) is 6.92 Å².